The molecule has 0 saturated heterocycles. The topological polar surface area (TPSA) is 78.5 Å². The van der Waals surface area contributed by atoms with E-state index in [2.05, 4.69) is 23.5 Å². The van der Waals surface area contributed by atoms with E-state index in [1.807, 2.05) is 48.5 Å². The van der Waals surface area contributed by atoms with Gasteiger partial charge in [0.2, 0.25) is 0 Å². The summed E-state index contributed by atoms with van der Waals surface area (Å²) in [5, 5.41) is 24.2. The summed E-state index contributed by atoms with van der Waals surface area (Å²) in [6, 6.07) is 22.3. The number of rotatable bonds is 6. The molecule has 0 aliphatic heterocycles. The largest absolute Gasteiger partial charge is 0.393 e. The summed E-state index contributed by atoms with van der Waals surface area (Å²) in [4.78, 5) is 2.20. The van der Waals surface area contributed by atoms with E-state index < -0.39 is 6.23 Å². The molecule has 4 nitrogen and oxygen atoms in total. The molecule has 0 bridgehead atoms. The molecule has 162 valence electrons. The Morgan fingerprint density at radius 3 is 2.48 bits per heavy atom. The Labute approximate surface area is 192 Å². The average molecular weight is 455 g/mol. The van der Waals surface area contributed by atoms with Crippen LogP contribution in [0.15, 0.2) is 76.5 Å². The van der Waals surface area contributed by atoms with Crippen LogP contribution < -0.4 is 11.1 Å². The fourth-order valence-corrected chi connectivity index (χ4v) is 5.28. The Morgan fingerprint density at radius 2 is 1.74 bits per heavy atom. The first-order valence-corrected chi connectivity index (χ1v) is 11.7. The van der Waals surface area contributed by atoms with Gasteiger partial charge in [-0.05, 0) is 67.1 Å². The number of aliphatic hydroxyl groups excluding tert-OH is 2. The fraction of sp³-hybridized carbons (Fsp3) is 0.280. The Hall–Kier alpha value is -2.02. The quantitative estimate of drug-likeness (QED) is 0.353. The minimum Gasteiger partial charge on any atom is -0.393 e. The highest BCUT2D eigenvalue weighted by molar-refractivity contribution is 7.99. The van der Waals surface area contributed by atoms with Crippen LogP contribution in [0.5, 0.6) is 0 Å². The van der Waals surface area contributed by atoms with Crippen molar-refractivity contribution in [3.63, 3.8) is 0 Å². The van der Waals surface area contributed by atoms with Crippen molar-refractivity contribution in [2.75, 3.05) is 5.32 Å². The van der Waals surface area contributed by atoms with Crippen LogP contribution in [0.2, 0.25) is 5.02 Å². The molecular formula is C25H27ClN2O2S. The lowest BCUT2D eigenvalue weighted by Gasteiger charge is -2.28. The van der Waals surface area contributed by atoms with E-state index >= 15 is 0 Å². The van der Waals surface area contributed by atoms with Gasteiger partial charge in [-0.25, -0.2) is 0 Å². The monoisotopic (exact) mass is 454 g/mol. The molecule has 6 heteroatoms. The van der Waals surface area contributed by atoms with Crippen LogP contribution in [-0.2, 0) is 0 Å². The Bertz CT molecular complexity index is 1040. The number of nitrogens with one attached hydrogen (secondary N) is 1. The van der Waals surface area contributed by atoms with E-state index in [0.717, 1.165) is 52.3 Å². The van der Waals surface area contributed by atoms with Crippen molar-refractivity contribution in [3.8, 4) is 11.1 Å². The third-order valence-electron chi connectivity index (χ3n) is 5.65. The molecule has 1 aliphatic rings. The number of nitrogens with two attached hydrogens (primary N) is 1. The van der Waals surface area contributed by atoms with E-state index in [-0.39, 0.29) is 12.1 Å². The lowest BCUT2D eigenvalue weighted by molar-refractivity contribution is 0.126. The van der Waals surface area contributed by atoms with Gasteiger partial charge in [-0.1, -0.05) is 59.8 Å². The lowest BCUT2D eigenvalue weighted by Crippen LogP contribution is -2.29. The van der Waals surface area contributed by atoms with Gasteiger partial charge in [0.1, 0.15) is 6.23 Å². The maximum absolute atomic E-state index is 10.1. The summed E-state index contributed by atoms with van der Waals surface area (Å²) < 4.78 is 0. The Balaban J connectivity index is 1.65. The first-order chi connectivity index (χ1) is 15.0. The highest BCUT2D eigenvalue weighted by Gasteiger charge is 2.21. The summed E-state index contributed by atoms with van der Waals surface area (Å²) in [6.45, 7) is 0. The van der Waals surface area contributed by atoms with E-state index in [9.17, 15) is 10.2 Å². The first-order valence-electron chi connectivity index (χ1n) is 10.5. The Kier molecular flexibility index (Phi) is 7.20. The van der Waals surface area contributed by atoms with Crippen LogP contribution in [0.1, 0.15) is 37.5 Å². The maximum Gasteiger partial charge on any atom is 0.130 e. The normalized spacial score (nSPS) is 19.7. The SMILES string of the molecule is NC(O)c1ccc(-c2ccccc2Sc2cccc(Cl)c2)cc1N[C@H]1CC[C@H](O)CC1. The summed E-state index contributed by atoms with van der Waals surface area (Å²) in [5.74, 6) is 0. The van der Waals surface area contributed by atoms with Gasteiger partial charge in [-0.15, -0.1) is 0 Å². The third kappa shape index (κ3) is 5.62. The fourth-order valence-electron chi connectivity index (χ4n) is 4.00. The number of halogens is 1. The van der Waals surface area contributed by atoms with Crippen LogP contribution in [0, 0.1) is 0 Å². The molecule has 5 N–H and O–H groups in total. The molecule has 1 fully saturated rings. The summed E-state index contributed by atoms with van der Waals surface area (Å²) in [7, 11) is 0. The molecule has 1 unspecified atom stereocenters. The van der Waals surface area contributed by atoms with Crippen molar-refractivity contribution in [1.29, 1.82) is 0 Å². The molecule has 3 aromatic rings. The smallest absolute Gasteiger partial charge is 0.130 e. The average Bonchev–Trinajstić information content (AvgIpc) is 2.75. The third-order valence-corrected chi connectivity index (χ3v) is 6.95. The molecule has 1 saturated carbocycles. The van der Waals surface area contributed by atoms with Crippen molar-refractivity contribution in [1.82, 2.24) is 0 Å². The zero-order chi connectivity index (χ0) is 21.8. The van der Waals surface area contributed by atoms with Crippen molar-refractivity contribution >= 4 is 29.1 Å². The summed E-state index contributed by atoms with van der Waals surface area (Å²) >= 11 is 7.83. The van der Waals surface area contributed by atoms with Gasteiger partial charge < -0.3 is 21.3 Å². The Morgan fingerprint density at radius 1 is 0.968 bits per heavy atom. The number of aliphatic hydroxyl groups is 2. The number of hydrogen-bond donors (Lipinski definition) is 4. The second-order valence-corrected chi connectivity index (χ2v) is 9.50. The van der Waals surface area contributed by atoms with E-state index in [4.69, 9.17) is 17.3 Å². The second-order valence-electron chi connectivity index (χ2n) is 7.95. The molecule has 0 spiro atoms. The molecule has 0 amide bonds. The minimum atomic E-state index is -1.05. The van der Waals surface area contributed by atoms with E-state index in [1.165, 1.54) is 0 Å². The zero-order valence-corrected chi connectivity index (χ0v) is 18.7. The van der Waals surface area contributed by atoms with Gasteiger partial charge >= 0.3 is 0 Å². The molecule has 0 aromatic heterocycles. The number of hydrogen-bond acceptors (Lipinski definition) is 5. The molecule has 0 radical (unpaired) electrons. The summed E-state index contributed by atoms with van der Waals surface area (Å²) in [5.41, 5.74) is 9.51. The second kappa shape index (κ2) is 10.1. The summed E-state index contributed by atoms with van der Waals surface area (Å²) in [6.07, 6.45) is 2.11. The van der Waals surface area contributed by atoms with Crippen LogP contribution in [0.25, 0.3) is 11.1 Å². The van der Waals surface area contributed by atoms with Crippen molar-refractivity contribution < 1.29 is 10.2 Å². The molecule has 0 heterocycles. The van der Waals surface area contributed by atoms with Gasteiger partial charge in [0.05, 0.1) is 6.10 Å². The lowest BCUT2D eigenvalue weighted by atomic mass is 9.92. The van der Waals surface area contributed by atoms with Crippen LogP contribution in [-0.4, -0.2) is 22.4 Å². The van der Waals surface area contributed by atoms with Gasteiger partial charge in [-0.3, -0.25) is 0 Å². The van der Waals surface area contributed by atoms with Crippen LogP contribution >= 0.6 is 23.4 Å². The number of anilines is 1. The molecular weight excluding hydrogens is 428 g/mol. The maximum atomic E-state index is 10.1. The highest BCUT2D eigenvalue weighted by Crippen LogP contribution is 2.38. The minimum absolute atomic E-state index is 0.209. The van der Waals surface area contributed by atoms with Crippen molar-refractivity contribution in [3.05, 3.63) is 77.3 Å². The van der Waals surface area contributed by atoms with Gasteiger partial charge in [-0.2, -0.15) is 0 Å². The van der Waals surface area contributed by atoms with Crippen molar-refractivity contribution in [2.24, 2.45) is 5.73 Å². The van der Waals surface area contributed by atoms with Gasteiger partial charge in [0.15, 0.2) is 0 Å². The van der Waals surface area contributed by atoms with Crippen molar-refractivity contribution in [2.45, 2.75) is 53.8 Å². The predicted molar refractivity (Wildman–Crippen MR) is 128 cm³/mol. The molecule has 31 heavy (non-hydrogen) atoms. The molecule has 1 atom stereocenters. The zero-order valence-electron chi connectivity index (χ0n) is 17.2. The highest BCUT2D eigenvalue weighted by atomic mass is 35.5. The van der Waals surface area contributed by atoms with Crippen LogP contribution in [0.3, 0.4) is 0 Å². The molecule has 4 rings (SSSR count). The first kappa shape index (κ1) is 22.2. The van der Waals surface area contributed by atoms with Gasteiger partial charge in [0.25, 0.3) is 0 Å². The molecule has 3 aromatic carbocycles. The van der Waals surface area contributed by atoms with Crippen LogP contribution in [0.4, 0.5) is 5.69 Å². The predicted octanol–water partition coefficient (Wildman–Crippen LogP) is 5.82. The van der Waals surface area contributed by atoms with E-state index in [0.29, 0.717) is 10.6 Å². The standard InChI is InChI=1S/C25H27ClN2O2S/c26-17-4-3-5-20(15-17)31-24-7-2-1-6-21(24)16-8-13-22(25(27)30)23(14-16)28-18-9-11-19(29)12-10-18/h1-8,13-15,18-19,25,28-30H,9-12,27H2/t18-,19-,25?. The number of benzene rings is 3. The molecule has 1 aliphatic carbocycles. The van der Waals surface area contributed by atoms with Gasteiger partial charge in [0, 0.05) is 32.1 Å². The van der Waals surface area contributed by atoms with E-state index in [1.54, 1.807) is 11.8 Å².